The van der Waals surface area contributed by atoms with Crippen LogP contribution in [-0.4, -0.2) is 12.2 Å². The Morgan fingerprint density at radius 1 is 1.17 bits per heavy atom. The van der Waals surface area contributed by atoms with Crippen molar-refractivity contribution in [3.8, 4) is 5.75 Å². The molecule has 0 spiro atoms. The summed E-state index contributed by atoms with van der Waals surface area (Å²) >= 11 is 0. The quantitative estimate of drug-likeness (QED) is 0.898. The zero-order chi connectivity index (χ0) is 13.0. The highest BCUT2D eigenvalue weighted by molar-refractivity contribution is 5.29. The van der Waals surface area contributed by atoms with Crippen molar-refractivity contribution >= 4 is 0 Å². The molecular weight excluding hydrogens is 231 g/mol. The molecule has 0 aliphatic carbocycles. The minimum atomic E-state index is -0.700. The lowest BCUT2D eigenvalue weighted by Gasteiger charge is -2.11. The summed E-state index contributed by atoms with van der Waals surface area (Å²) < 4.78 is 18.1. The second-order valence-corrected chi connectivity index (χ2v) is 4.12. The Kier molecular flexibility index (Phi) is 3.95. The van der Waals surface area contributed by atoms with Gasteiger partial charge >= 0.3 is 0 Å². The zero-order valence-corrected chi connectivity index (χ0v) is 10.1. The Labute approximate surface area is 106 Å². The lowest BCUT2D eigenvalue weighted by atomic mass is 10.0. The molecule has 0 saturated carbocycles. The molecule has 0 aromatic heterocycles. The summed E-state index contributed by atoms with van der Waals surface area (Å²) in [4.78, 5) is 0. The lowest BCUT2D eigenvalue weighted by Crippen LogP contribution is -2.02. The monoisotopic (exact) mass is 246 g/mol. The average Bonchev–Trinajstić information content (AvgIpc) is 2.39. The summed E-state index contributed by atoms with van der Waals surface area (Å²) in [7, 11) is 1.61. The molecule has 0 aliphatic heterocycles. The van der Waals surface area contributed by atoms with Crippen LogP contribution in [0.15, 0.2) is 48.5 Å². The third-order valence-corrected chi connectivity index (χ3v) is 2.82. The maximum atomic E-state index is 13.0. The molecule has 0 amide bonds. The summed E-state index contributed by atoms with van der Waals surface area (Å²) in [6, 6.07) is 13.5. The molecule has 0 saturated heterocycles. The molecule has 2 aromatic carbocycles. The van der Waals surface area contributed by atoms with Crippen molar-refractivity contribution in [2.75, 3.05) is 7.11 Å². The normalized spacial score (nSPS) is 12.2. The van der Waals surface area contributed by atoms with E-state index < -0.39 is 6.10 Å². The summed E-state index contributed by atoms with van der Waals surface area (Å²) in [5.41, 5.74) is 1.57. The fourth-order valence-electron chi connectivity index (χ4n) is 1.82. The fraction of sp³-hybridized carbons (Fsp3) is 0.200. The Balaban J connectivity index is 2.08. The van der Waals surface area contributed by atoms with Gasteiger partial charge in [-0.1, -0.05) is 24.3 Å². The van der Waals surface area contributed by atoms with Gasteiger partial charge < -0.3 is 9.84 Å². The van der Waals surface area contributed by atoms with Crippen molar-refractivity contribution in [3.05, 3.63) is 65.5 Å². The maximum absolute atomic E-state index is 13.0. The first kappa shape index (κ1) is 12.6. The van der Waals surface area contributed by atoms with Crippen molar-refractivity contribution in [1.29, 1.82) is 0 Å². The third kappa shape index (κ3) is 3.08. The van der Waals surface area contributed by atoms with Gasteiger partial charge in [-0.05, 0) is 35.4 Å². The molecule has 0 aliphatic rings. The predicted molar refractivity (Wildman–Crippen MR) is 68.1 cm³/mol. The molecule has 18 heavy (non-hydrogen) atoms. The molecule has 94 valence electrons. The van der Waals surface area contributed by atoms with Crippen LogP contribution in [0.25, 0.3) is 0 Å². The number of aliphatic hydroxyl groups excluding tert-OH is 1. The van der Waals surface area contributed by atoms with Crippen molar-refractivity contribution in [1.82, 2.24) is 0 Å². The third-order valence-electron chi connectivity index (χ3n) is 2.82. The number of hydrogen-bond acceptors (Lipinski definition) is 2. The number of methoxy groups -OCH3 is 1. The number of halogens is 1. The van der Waals surface area contributed by atoms with Crippen LogP contribution in [0.5, 0.6) is 5.75 Å². The molecule has 3 heteroatoms. The SMILES string of the molecule is COc1ccc(CC(O)c2cccc(F)c2)cc1. The molecule has 2 aromatic rings. The summed E-state index contributed by atoms with van der Waals surface area (Å²) in [5.74, 6) is 0.445. The standard InChI is InChI=1S/C15H15FO2/c1-18-14-7-5-11(6-8-14)9-15(17)12-3-2-4-13(16)10-12/h2-8,10,15,17H,9H2,1H3. The molecular formula is C15H15FO2. The van der Waals surface area contributed by atoms with Gasteiger partial charge in [0.05, 0.1) is 13.2 Å². The highest BCUT2D eigenvalue weighted by atomic mass is 19.1. The Bertz CT molecular complexity index is 508. The van der Waals surface area contributed by atoms with Gasteiger partial charge in [0.15, 0.2) is 0 Å². The van der Waals surface area contributed by atoms with Crippen molar-refractivity contribution < 1.29 is 14.2 Å². The largest absolute Gasteiger partial charge is 0.497 e. The van der Waals surface area contributed by atoms with E-state index in [1.54, 1.807) is 19.2 Å². The van der Waals surface area contributed by atoms with E-state index in [0.717, 1.165) is 11.3 Å². The number of aliphatic hydroxyl groups is 1. The smallest absolute Gasteiger partial charge is 0.123 e. The van der Waals surface area contributed by atoms with Gasteiger partial charge in [-0.2, -0.15) is 0 Å². The van der Waals surface area contributed by atoms with Crippen molar-refractivity contribution in [3.63, 3.8) is 0 Å². The van der Waals surface area contributed by atoms with Gasteiger partial charge in [-0.15, -0.1) is 0 Å². The molecule has 0 fully saturated rings. The van der Waals surface area contributed by atoms with E-state index in [4.69, 9.17) is 4.74 Å². The van der Waals surface area contributed by atoms with Crippen LogP contribution in [0.1, 0.15) is 17.2 Å². The van der Waals surface area contributed by atoms with E-state index in [2.05, 4.69) is 0 Å². The zero-order valence-electron chi connectivity index (χ0n) is 10.1. The van der Waals surface area contributed by atoms with Crippen LogP contribution < -0.4 is 4.74 Å². The predicted octanol–water partition coefficient (Wildman–Crippen LogP) is 3.11. The summed E-state index contributed by atoms with van der Waals surface area (Å²) in [5, 5.41) is 10.0. The first-order valence-corrected chi connectivity index (χ1v) is 5.75. The van der Waals surface area contributed by atoms with E-state index >= 15 is 0 Å². The summed E-state index contributed by atoms with van der Waals surface area (Å²) in [6.07, 6.45) is -0.248. The lowest BCUT2D eigenvalue weighted by molar-refractivity contribution is 0.178. The van der Waals surface area contributed by atoms with Crippen LogP contribution in [0.3, 0.4) is 0 Å². The minimum absolute atomic E-state index is 0.332. The van der Waals surface area contributed by atoms with E-state index in [1.807, 2.05) is 24.3 Å². The number of ether oxygens (including phenoxy) is 1. The Morgan fingerprint density at radius 3 is 2.50 bits per heavy atom. The molecule has 0 heterocycles. The van der Waals surface area contributed by atoms with Gasteiger partial charge in [0.1, 0.15) is 11.6 Å². The molecule has 1 unspecified atom stereocenters. The molecule has 0 bridgehead atoms. The number of benzene rings is 2. The topological polar surface area (TPSA) is 29.5 Å². The van der Waals surface area contributed by atoms with Gasteiger partial charge in [0, 0.05) is 6.42 Å². The Morgan fingerprint density at radius 2 is 1.89 bits per heavy atom. The molecule has 0 radical (unpaired) electrons. The maximum Gasteiger partial charge on any atom is 0.123 e. The van der Waals surface area contributed by atoms with Gasteiger partial charge in [0.25, 0.3) is 0 Å². The van der Waals surface area contributed by atoms with Crippen LogP contribution in [-0.2, 0) is 6.42 Å². The van der Waals surface area contributed by atoms with Crippen LogP contribution in [0, 0.1) is 5.82 Å². The molecule has 1 atom stereocenters. The van der Waals surface area contributed by atoms with E-state index in [0.29, 0.717) is 12.0 Å². The van der Waals surface area contributed by atoms with Gasteiger partial charge in [-0.3, -0.25) is 0 Å². The second kappa shape index (κ2) is 5.65. The second-order valence-electron chi connectivity index (χ2n) is 4.12. The Hall–Kier alpha value is -1.87. The van der Waals surface area contributed by atoms with Crippen LogP contribution in [0.2, 0.25) is 0 Å². The first-order chi connectivity index (χ1) is 8.69. The van der Waals surface area contributed by atoms with Crippen molar-refractivity contribution in [2.45, 2.75) is 12.5 Å². The van der Waals surface area contributed by atoms with E-state index in [-0.39, 0.29) is 5.82 Å². The highest BCUT2D eigenvalue weighted by Gasteiger charge is 2.09. The summed E-state index contributed by atoms with van der Waals surface area (Å²) in [6.45, 7) is 0. The minimum Gasteiger partial charge on any atom is -0.497 e. The molecule has 2 rings (SSSR count). The van der Waals surface area contributed by atoms with Gasteiger partial charge in [-0.25, -0.2) is 4.39 Å². The van der Waals surface area contributed by atoms with Crippen LogP contribution >= 0.6 is 0 Å². The molecule has 1 N–H and O–H groups in total. The first-order valence-electron chi connectivity index (χ1n) is 5.75. The fourth-order valence-corrected chi connectivity index (χ4v) is 1.82. The van der Waals surface area contributed by atoms with E-state index in [9.17, 15) is 9.50 Å². The highest BCUT2D eigenvalue weighted by Crippen LogP contribution is 2.20. The van der Waals surface area contributed by atoms with Crippen molar-refractivity contribution in [2.24, 2.45) is 0 Å². The average molecular weight is 246 g/mol. The van der Waals surface area contributed by atoms with Gasteiger partial charge in [0.2, 0.25) is 0 Å². The molecule has 2 nitrogen and oxygen atoms in total. The van der Waals surface area contributed by atoms with E-state index in [1.165, 1.54) is 12.1 Å². The van der Waals surface area contributed by atoms with Crippen LogP contribution in [0.4, 0.5) is 4.39 Å². The number of hydrogen-bond donors (Lipinski definition) is 1. The number of rotatable bonds is 4.